The number of nitrogens with zero attached hydrogens (tertiary/aromatic N) is 1. The van der Waals surface area contributed by atoms with Gasteiger partial charge in [0.05, 0.1) is 25.9 Å². The molecule has 1 fully saturated rings. The molecule has 0 N–H and O–H groups in total. The summed E-state index contributed by atoms with van der Waals surface area (Å²) in [6, 6.07) is 6.99. The average Bonchev–Trinajstić information content (AvgIpc) is 2.48. The van der Waals surface area contributed by atoms with Crippen LogP contribution in [-0.2, 0) is 9.47 Å². The fourth-order valence-electron chi connectivity index (χ4n) is 2.19. The first-order valence-electron chi connectivity index (χ1n) is 6.84. The minimum Gasteiger partial charge on any atom is -0.497 e. The van der Waals surface area contributed by atoms with Crippen molar-refractivity contribution >= 4 is 5.97 Å². The third kappa shape index (κ3) is 4.21. The number of carbonyl (C=O) groups is 1. The summed E-state index contributed by atoms with van der Waals surface area (Å²) in [5.74, 6) is 0.338. The second-order valence-electron chi connectivity index (χ2n) is 4.86. The molecule has 0 saturated carbocycles. The first-order chi connectivity index (χ1) is 9.69. The Hall–Kier alpha value is -1.59. The zero-order valence-electron chi connectivity index (χ0n) is 12.0. The van der Waals surface area contributed by atoms with Gasteiger partial charge in [-0.1, -0.05) is 6.07 Å². The molecule has 0 unspecified atom stereocenters. The van der Waals surface area contributed by atoms with Crippen molar-refractivity contribution in [2.24, 2.45) is 0 Å². The van der Waals surface area contributed by atoms with Crippen molar-refractivity contribution in [1.29, 1.82) is 0 Å². The number of benzene rings is 1. The largest absolute Gasteiger partial charge is 0.497 e. The monoisotopic (exact) mass is 279 g/mol. The van der Waals surface area contributed by atoms with Gasteiger partial charge >= 0.3 is 5.97 Å². The number of hydrogen-bond acceptors (Lipinski definition) is 5. The van der Waals surface area contributed by atoms with Gasteiger partial charge in [0.25, 0.3) is 0 Å². The van der Waals surface area contributed by atoms with Crippen LogP contribution < -0.4 is 4.74 Å². The van der Waals surface area contributed by atoms with E-state index in [-0.39, 0.29) is 12.1 Å². The van der Waals surface area contributed by atoms with Crippen LogP contribution in [0.5, 0.6) is 5.75 Å². The SMILES string of the molecule is COc1cccc(C(=O)O[C@@H](C)CN2CCOCC2)c1. The lowest BCUT2D eigenvalue weighted by Crippen LogP contribution is -2.41. The number of hydrogen-bond donors (Lipinski definition) is 0. The van der Waals surface area contributed by atoms with Gasteiger partial charge in [0, 0.05) is 19.6 Å². The second kappa shape index (κ2) is 7.26. The molecule has 0 amide bonds. The van der Waals surface area contributed by atoms with Crippen molar-refractivity contribution in [3.8, 4) is 5.75 Å². The van der Waals surface area contributed by atoms with E-state index in [4.69, 9.17) is 14.2 Å². The van der Waals surface area contributed by atoms with Gasteiger partial charge in [-0.25, -0.2) is 4.79 Å². The Morgan fingerprint density at radius 2 is 2.15 bits per heavy atom. The summed E-state index contributed by atoms with van der Waals surface area (Å²) in [4.78, 5) is 14.3. The Labute approximate surface area is 119 Å². The van der Waals surface area contributed by atoms with E-state index >= 15 is 0 Å². The maximum atomic E-state index is 12.0. The molecular formula is C15H21NO4. The van der Waals surface area contributed by atoms with Gasteiger partial charge < -0.3 is 14.2 Å². The van der Waals surface area contributed by atoms with E-state index in [1.54, 1.807) is 31.4 Å². The highest BCUT2D eigenvalue weighted by Gasteiger charge is 2.17. The third-order valence-electron chi connectivity index (χ3n) is 3.23. The van der Waals surface area contributed by atoms with Gasteiger partial charge in [-0.2, -0.15) is 0 Å². The Balaban J connectivity index is 1.86. The minimum atomic E-state index is -0.315. The number of ether oxygens (including phenoxy) is 3. The molecule has 5 heteroatoms. The van der Waals surface area contributed by atoms with E-state index in [9.17, 15) is 4.79 Å². The molecule has 1 saturated heterocycles. The molecule has 0 bridgehead atoms. The van der Waals surface area contributed by atoms with Gasteiger partial charge in [-0.15, -0.1) is 0 Å². The Morgan fingerprint density at radius 1 is 1.40 bits per heavy atom. The fraction of sp³-hybridized carbons (Fsp3) is 0.533. The number of esters is 1. The van der Waals surface area contributed by atoms with E-state index < -0.39 is 0 Å². The molecule has 1 aliphatic rings. The maximum absolute atomic E-state index is 12.0. The average molecular weight is 279 g/mol. The lowest BCUT2D eigenvalue weighted by atomic mass is 10.2. The highest BCUT2D eigenvalue weighted by atomic mass is 16.5. The van der Waals surface area contributed by atoms with Crippen LogP contribution in [0.3, 0.4) is 0 Å². The maximum Gasteiger partial charge on any atom is 0.338 e. The lowest BCUT2D eigenvalue weighted by molar-refractivity contribution is 0.000430. The summed E-state index contributed by atoms with van der Waals surface area (Å²) < 4.78 is 15.9. The van der Waals surface area contributed by atoms with Crippen LogP contribution in [0.4, 0.5) is 0 Å². The van der Waals surface area contributed by atoms with Crippen LogP contribution in [0.2, 0.25) is 0 Å². The molecule has 1 heterocycles. The van der Waals surface area contributed by atoms with Crippen LogP contribution >= 0.6 is 0 Å². The molecule has 1 aromatic carbocycles. The van der Waals surface area contributed by atoms with Crippen LogP contribution in [0, 0.1) is 0 Å². The molecule has 0 aromatic heterocycles. The van der Waals surface area contributed by atoms with Crippen LogP contribution in [-0.4, -0.2) is 56.9 Å². The highest BCUT2D eigenvalue weighted by Crippen LogP contribution is 2.14. The van der Waals surface area contributed by atoms with E-state index in [2.05, 4.69) is 4.90 Å². The number of rotatable bonds is 5. The standard InChI is InChI=1S/C15H21NO4/c1-12(11-16-6-8-19-9-7-16)20-15(17)13-4-3-5-14(10-13)18-2/h3-5,10,12H,6-9,11H2,1-2H3/t12-/m0/s1. The molecule has 0 spiro atoms. The highest BCUT2D eigenvalue weighted by molar-refractivity contribution is 5.89. The molecule has 5 nitrogen and oxygen atoms in total. The van der Waals surface area contributed by atoms with E-state index in [1.807, 2.05) is 6.92 Å². The lowest BCUT2D eigenvalue weighted by Gasteiger charge is -2.28. The predicted octanol–water partition coefficient (Wildman–Crippen LogP) is 1.57. The summed E-state index contributed by atoms with van der Waals surface area (Å²) in [5, 5.41) is 0. The van der Waals surface area contributed by atoms with Crippen LogP contribution in [0.1, 0.15) is 17.3 Å². The molecule has 0 aliphatic carbocycles. The Bertz CT molecular complexity index is 443. The quantitative estimate of drug-likeness (QED) is 0.766. The molecule has 110 valence electrons. The molecule has 1 atom stereocenters. The van der Waals surface area contributed by atoms with E-state index in [1.165, 1.54) is 0 Å². The molecule has 0 radical (unpaired) electrons. The van der Waals surface area contributed by atoms with Gasteiger partial charge in [-0.3, -0.25) is 4.90 Å². The topological polar surface area (TPSA) is 48.0 Å². The van der Waals surface area contributed by atoms with Gasteiger partial charge in [-0.05, 0) is 25.1 Å². The molecular weight excluding hydrogens is 258 g/mol. The Morgan fingerprint density at radius 3 is 2.85 bits per heavy atom. The summed E-state index contributed by atoms with van der Waals surface area (Å²) >= 11 is 0. The first-order valence-corrected chi connectivity index (χ1v) is 6.84. The minimum absolute atomic E-state index is 0.146. The first kappa shape index (κ1) is 14.8. The predicted molar refractivity (Wildman–Crippen MR) is 75.1 cm³/mol. The number of carbonyl (C=O) groups excluding carboxylic acids is 1. The zero-order chi connectivity index (χ0) is 14.4. The summed E-state index contributed by atoms with van der Waals surface area (Å²) in [7, 11) is 1.57. The van der Waals surface area contributed by atoms with Gasteiger partial charge in [0.15, 0.2) is 0 Å². The van der Waals surface area contributed by atoms with Crippen molar-refractivity contribution in [1.82, 2.24) is 4.90 Å². The summed E-state index contributed by atoms with van der Waals surface area (Å²) in [6.45, 7) is 5.92. The van der Waals surface area contributed by atoms with Crippen LogP contribution in [0.25, 0.3) is 0 Å². The second-order valence-corrected chi connectivity index (χ2v) is 4.86. The van der Waals surface area contributed by atoms with Crippen molar-refractivity contribution < 1.29 is 19.0 Å². The van der Waals surface area contributed by atoms with E-state index in [0.717, 1.165) is 32.8 Å². The molecule has 2 rings (SSSR count). The van der Waals surface area contributed by atoms with Crippen molar-refractivity contribution in [3.05, 3.63) is 29.8 Å². The number of methoxy groups -OCH3 is 1. The molecule has 20 heavy (non-hydrogen) atoms. The fourth-order valence-corrected chi connectivity index (χ4v) is 2.19. The van der Waals surface area contributed by atoms with E-state index in [0.29, 0.717) is 11.3 Å². The Kier molecular flexibility index (Phi) is 5.38. The molecule has 1 aromatic rings. The third-order valence-corrected chi connectivity index (χ3v) is 3.23. The smallest absolute Gasteiger partial charge is 0.338 e. The summed E-state index contributed by atoms with van der Waals surface area (Å²) in [6.07, 6.45) is -0.146. The normalized spacial score (nSPS) is 17.5. The number of morpholine rings is 1. The molecule has 1 aliphatic heterocycles. The van der Waals surface area contributed by atoms with Crippen LogP contribution in [0.15, 0.2) is 24.3 Å². The van der Waals surface area contributed by atoms with Crippen molar-refractivity contribution in [2.45, 2.75) is 13.0 Å². The van der Waals surface area contributed by atoms with Crippen molar-refractivity contribution in [3.63, 3.8) is 0 Å². The van der Waals surface area contributed by atoms with Gasteiger partial charge in [0.2, 0.25) is 0 Å². The summed E-state index contributed by atoms with van der Waals surface area (Å²) in [5.41, 5.74) is 0.512. The van der Waals surface area contributed by atoms with Crippen molar-refractivity contribution in [2.75, 3.05) is 40.0 Å². The van der Waals surface area contributed by atoms with Gasteiger partial charge in [0.1, 0.15) is 11.9 Å². The zero-order valence-corrected chi connectivity index (χ0v) is 12.0.